The Morgan fingerprint density at radius 1 is 1.22 bits per heavy atom. The molecule has 0 unspecified atom stereocenters. The molecule has 0 spiro atoms. The van der Waals surface area contributed by atoms with E-state index in [1.807, 2.05) is 6.92 Å². The van der Waals surface area contributed by atoms with E-state index in [1.54, 1.807) is 12.1 Å². The van der Waals surface area contributed by atoms with Crippen molar-refractivity contribution in [1.82, 2.24) is 15.5 Å². The molecule has 1 aliphatic heterocycles. The minimum absolute atomic E-state index is 0.142. The van der Waals surface area contributed by atoms with Gasteiger partial charge < -0.3 is 15.5 Å². The minimum Gasteiger partial charge on any atom is -0.335 e. The third kappa shape index (κ3) is 5.82. The first-order valence-corrected chi connectivity index (χ1v) is 8.49. The molecule has 0 bridgehead atoms. The second-order valence-corrected chi connectivity index (χ2v) is 6.86. The van der Waals surface area contributed by atoms with E-state index in [9.17, 15) is 9.18 Å². The molecule has 23 heavy (non-hydrogen) atoms. The van der Waals surface area contributed by atoms with Crippen LogP contribution in [0.5, 0.6) is 0 Å². The summed E-state index contributed by atoms with van der Waals surface area (Å²) in [5.41, 5.74) is 0.897. The van der Waals surface area contributed by atoms with Gasteiger partial charge in [-0.15, -0.1) is 0 Å². The topological polar surface area (TPSA) is 44.4 Å². The predicted octanol–water partition coefficient (Wildman–Crippen LogP) is 3.31. The lowest BCUT2D eigenvalue weighted by Crippen LogP contribution is -2.48. The number of carbonyl (C=O) groups is 1. The number of hydrogen-bond acceptors (Lipinski definition) is 2. The maximum atomic E-state index is 12.9. The molecule has 0 aliphatic carbocycles. The van der Waals surface area contributed by atoms with Crippen LogP contribution in [0.1, 0.15) is 45.2 Å². The summed E-state index contributed by atoms with van der Waals surface area (Å²) in [5, 5.41) is 5.97. The van der Waals surface area contributed by atoms with Crippen molar-refractivity contribution in [3.8, 4) is 0 Å². The molecule has 1 saturated heterocycles. The molecule has 0 saturated carbocycles. The highest BCUT2D eigenvalue weighted by molar-refractivity contribution is 5.74. The first kappa shape index (κ1) is 17.7. The smallest absolute Gasteiger partial charge is 0.315 e. The van der Waals surface area contributed by atoms with Crippen LogP contribution in [0.25, 0.3) is 0 Å². The van der Waals surface area contributed by atoms with Crippen LogP contribution in [-0.4, -0.2) is 36.6 Å². The fraction of sp³-hybridized carbons (Fsp3) is 0.611. The number of halogens is 1. The zero-order valence-electron chi connectivity index (χ0n) is 14.3. The molecule has 5 heteroatoms. The van der Waals surface area contributed by atoms with Gasteiger partial charge in [0.2, 0.25) is 0 Å². The molecular formula is C18H28FN3O. The highest BCUT2D eigenvalue weighted by Gasteiger charge is 2.21. The van der Waals surface area contributed by atoms with Gasteiger partial charge in [-0.1, -0.05) is 26.0 Å². The standard InChI is InChI=1S/C18H28FN3O/c1-13(2)12-22-10-8-17(9-11-22)21-18(23)20-14(3)15-4-6-16(19)7-5-15/h4-7,13-14,17H,8-12H2,1-3H3,(H2,20,21,23)/t14-/m1/s1. The van der Waals surface area contributed by atoms with E-state index in [1.165, 1.54) is 12.1 Å². The van der Waals surface area contributed by atoms with Gasteiger partial charge in [-0.05, 0) is 43.4 Å². The molecule has 2 rings (SSSR count). The van der Waals surface area contributed by atoms with Gasteiger partial charge in [-0.2, -0.15) is 0 Å². The monoisotopic (exact) mass is 321 g/mol. The first-order chi connectivity index (χ1) is 10.9. The maximum absolute atomic E-state index is 12.9. The van der Waals surface area contributed by atoms with Gasteiger partial charge in [0.25, 0.3) is 0 Å². The number of nitrogens with zero attached hydrogens (tertiary/aromatic N) is 1. The zero-order valence-corrected chi connectivity index (χ0v) is 14.3. The highest BCUT2D eigenvalue weighted by atomic mass is 19.1. The van der Waals surface area contributed by atoms with Crippen LogP contribution >= 0.6 is 0 Å². The average molecular weight is 321 g/mol. The van der Waals surface area contributed by atoms with E-state index >= 15 is 0 Å². The number of benzene rings is 1. The van der Waals surface area contributed by atoms with Gasteiger partial charge in [0.15, 0.2) is 0 Å². The first-order valence-electron chi connectivity index (χ1n) is 8.49. The molecule has 1 aromatic carbocycles. The largest absolute Gasteiger partial charge is 0.335 e. The molecule has 1 aromatic rings. The Morgan fingerprint density at radius 3 is 2.39 bits per heavy atom. The lowest BCUT2D eigenvalue weighted by atomic mass is 10.0. The van der Waals surface area contributed by atoms with Crippen molar-refractivity contribution in [2.75, 3.05) is 19.6 Å². The summed E-state index contributed by atoms with van der Waals surface area (Å²) in [6.45, 7) is 9.56. The third-order valence-electron chi connectivity index (χ3n) is 4.26. The van der Waals surface area contributed by atoms with Crippen molar-refractivity contribution in [2.45, 2.75) is 45.7 Å². The van der Waals surface area contributed by atoms with Crippen LogP contribution in [0.3, 0.4) is 0 Å². The Kier molecular flexibility index (Phi) is 6.39. The summed E-state index contributed by atoms with van der Waals surface area (Å²) in [6.07, 6.45) is 1.98. The van der Waals surface area contributed by atoms with E-state index in [0.29, 0.717) is 5.92 Å². The number of carbonyl (C=O) groups excluding carboxylic acids is 1. The fourth-order valence-corrected chi connectivity index (χ4v) is 3.03. The lowest BCUT2D eigenvalue weighted by molar-refractivity contribution is 0.177. The Hall–Kier alpha value is -1.62. The molecule has 4 nitrogen and oxygen atoms in total. The minimum atomic E-state index is -0.265. The molecule has 1 aliphatic rings. The van der Waals surface area contributed by atoms with E-state index in [-0.39, 0.29) is 23.9 Å². The highest BCUT2D eigenvalue weighted by Crippen LogP contribution is 2.14. The van der Waals surface area contributed by atoms with Crippen molar-refractivity contribution >= 4 is 6.03 Å². The van der Waals surface area contributed by atoms with Crippen molar-refractivity contribution in [2.24, 2.45) is 5.92 Å². The Balaban J connectivity index is 1.74. The normalized spacial score (nSPS) is 18.0. The van der Waals surface area contributed by atoms with E-state index < -0.39 is 0 Å². The second-order valence-electron chi connectivity index (χ2n) is 6.86. The van der Waals surface area contributed by atoms with E-state index in [0.717, 1.165) is 38.0 Å². The molecule has 128 valence electrons. The van der Waals surface area contributed by atoms with Crippen molar-refractivity contribution in [1.29, 1.82) is 0 Å². The van der Waals surface area contributed by atoms with Crippen LogP contribution in [0, 0.1) is 11.7 Å². The second kappa shape index (κ2) is 8.29. The Labute approximate surface area is 138 Å². The Morgan fingerprint density at radius 2 is 1.83 bits per heavy atom. The summed E-state index contributed by atoms with van der Waals surface area (Å²) >= 11 is 0. The van der Waals surface area contributed by atoms with Gasteiger partial charge in [-0.25, -0.2) is 9.18 Å². The molecule has 1 heterocycles. The molecule has 0 radical (unpaired) electrons. The summed E-state index contributed by atoms with van der Waals surface area (Å²) in [7, 11) is 0. The van der Waals surface area contributed by atoms with Crippen molar-refractivity contribution in [3.05, 3.63) is 35.6 Å². The third-order valence-corrected chi connectivity index (χ3v) is 4.26. The van der Waals surface area contributed by atoms with E-state index in [4.69, 9.17) is 0 Å². The number of likely N-dealkylation sites (tertiary alicyclic amines) is 1. The number of amides is 2. The van der Waals surface area contributed by atoms with Gasteiger partial charge in [0, 0.05) is 25.7 Å². The number of nitrogens with one attached hydrogen (secondary N) is 2. The molecule has 1 atom stereocenters. The summed E-state index contributed by atoms with van der Waals surface area (Å²) < 4.78 is 12.9. The summed E-state index contributed by atoms with van der Waals surface area (Å²) in [6, 6.07) is 6.17. The fourth-order valence-electron chi connectivity index (χ4n) is 3.03. The van der Waals surface area contributed by atoms with Gasteiger partial charge in [-0.3, -0.25) is 0 Å². The molecule has 2 amide bonds. The molecule has 1 fully saturated rings. The lowest BCUT2D eigenvalue weighted by Gasteiger charge is -2.33. The molecule has 0 aromatic heterocycles. The quantitative estimate of drug-likeness (QED) is 0.874. The van der Waals surface area contributed by atoms with Crippen LogP contribution in [0.15, 0.2) is 24.3 Å². The van der Waals surface area contributed by atoms with Crippen LogP contribution in [0.2, 0.25) is 0 Å². The SMILES string of the molecule is CC(C)CN1CCC(NC(=O)N[C@H](C)c2ccc(F)cc2)CC1. The molecule has 2 N–H and O–H groups in total. The van der Waals surface area contributed by atoms with Gasteiger partial charge in [0.05, 0.1) is 6.04 Å². The molecular weight excluding hydrogens is 293 g/mol. The van der Waals surface area contributed by atoms with Gasteiger partial charge in [0.1, 0.15) is 5.82 Å². The van der Waals surface area contributed by atoms with Crippen molar-refractivity contribution in [3.63, 3.8) is 0 Å². The number of urea groups is 1. The summed E-state index contributed by atoms with van der Waals surface area (Å²) in [4.78, 5) is 14.6. The van der Waals surface area contributed by atoms with Gasteiger partial charge >= 0.3 is 6.03 Å². The maximum Gasteiger partial charge on any atom is 0.315 e. The predicted molar refractivity (Wildman–Crippen MR) is 90.8 cm³/mol. The average Bonchev–Trinajstić information content (AvgIpc) is 2.49. The number of rotatable bonds is 5. The van der Waals surface area contributed by atoms with Crippen LogP contribution < -0.4 is 10.6 Å². The van der Waals surface area contributed by atoms with Crippen LogP contribution in [-0.2, 0) is 0 Å². The van der Waals surface area contributed by atoms with Crippen molar-refractivity contribution < 1.29 is 9.18 Å². The Bertz CT molecular complexity index is 495. The van der Waals surface area contributed by atoms with E-state index in [2.05, 4.69) is 29.4 Å². The number of hydrogen-bond donors (Lipinski definition) is 2. The summed E-state index contributed by atoms with van der Waals surface area (Å²) in [5.74, 6) is 0.415. The number of piperidine rings is 1. The zero-order chi connectivity index (χ0) is 16.8. The van der Waals surface area contributed by atoms with Crippen LogP contribution in [0.4, 0.5) is 9.18 Å².